The molecule has 0 aliphatic rings. The van der Waals surface area contributed by atoms with E-state index in [2.05, 4.69) is 10.6 Å². The van der Waals surface area contributed by atoms with Gasteiger partial charge in [-0.05, 0) is 67.7 Å². The van der Waals surface area contributed by atoms with Crippen LogP contribution in [0.5, 0.6) is 5.75 Å². The first-order valence-corrected chi connectivity index (χ1v) is 10.2. The summed E-state index contributed by atoms with van der Waals surface area (Å²) in [5.41, 5.74) is 2.32. The molecular weight excluding hydrogens is 410 g/mol. The van der Waals surface area contributed by atoms with E-state index in [0.29, 0.717) is 29.2 Å². The highest BCUT2D eigenvalue weighted by Crippen LogP contribution is 2.18. The minimum Gasteiger partial charge on any atom is -0.494 e. The number of hydrogen-bond donors (Lipinski definition) is 2. The van der Waals surface area contributed by atoms with E-state index in [1.54, 1.807) is 60.5 Å². The van der Waals surface area contributed by atoms with E-state index >= 15 is 0 Å². The zero-order chi connectivity index (χ0) is 22.2. The average Bonchev–Trinajstić information content (AvgIpc) is 2.79. The Balaban J connectivity index is 1.65. The number of para-hydroxylation sites is 1. The molecule has 0 unspecified atom stereocenters. The molecule has 2 amide bonds. The minimum atomic E-state index is -0.352. The van der Waals surface area contributed by atoms with E-state index in [-0.39, 0.29) is 16.9 Å². The van der Waals surface area contributed by atoms with Gasteiger partial charge < -0.3 is 15.0 Å². The summed E-state index contributed by atoms with van der Waals surface area (Å²) >= 11 is 5.26. The van der Waals surface area contributed by atoms with Crippen molar-refractivity contribution in [2.45, 2.75) is 6.92 Å². The van der Waals surface area contributed by atoms with E-state index in [0.717, 1.165) is 5.69 Å². The predicted octanol–water partition coefficient (Wildman–Crippen LogP) is 4.49. The van der Waals surface area contributed by atoms with Gasteiger partial charge in [-0.25, -0.2) is 0 Å². The average molecular weight is 434 g/mol. The van der Waals surface area contributed by atoms with Crippen LogP contribution in [-0.4, -0.2) is 30.6 Å². The first-order valence-electron chi connectivity index (χ1n) is 9.76. The third-order valence-corrected chi connectivity index (χ3v) is 4.65. The zero-order valence-electron chi connectivity index (χ0n) is 17.3. The molecule has 3 rings (SSSR count). The number of thiocarbonyl (C=S) groups is 1. The first-order chi connectivity index (χ1) is 15.0. The number of anilines is 2. The fourth-order valence-corrected chi connectivity index (χ4v) is 3.13. The molecule has 0 bridgehead atoms. The summed E-state index contributed by atoms with van der Waals surface area (Å²) in [4.78, 5) is 26.9. The summed E-state index contributed by atoms with van der Waals surface area (Å²) in [6, 6.07) is 23.2. The molecule has 2 N–H and O–H groups in total. The molecule has 0 aliphatic carbocycles. The molecule has 0 aliphatic heterocycles. The Labute approximate surface area is 186 Å². The third-order valence-electron chi connectivity index (χ3n) is 4.45. The largest absolute Gasteiger partial charge is 0.494 e. The van der Waals surface area contributed by atoms with Crippen LogP contribution in [0.1, 0.15) is 27.6 Å². The smallest absolute Gasteiger partial charge is 0.258 e. The van der Waals surface area contributed by atoms with Crippen LogP contribution in [0.3, 0.4) is 0 Å². The van der Waals surface area contributed by atoms with E-state index in [1.807, 2.05) is 37.3 Å². The summed E-state index contributed by atoms with van der Waals surface area (Å²) in [5, 5.41) is 5.73. The lowest BCUT2D eigenvalue weighted by Gasteiger charge is -2.18. The van der Waals surface area contributed by atoms with Crippen LogP contribution < -0.4 is 20.3 Å². The van der Waals surface area contributed by atoms with Gasteiger partial charge in [0.05, 0.1) is 6.61 Å². The number of hydrogen-bond acceptors (Lipinski definition) is 4. The molecular formula is C24H23N3O3S. The number of nitrogens with zero attached hydrogens (tertiary/aromatic N) is 1. The zero-order valence-corrected chi connectivity index (χ0v) is 18.1. The molecule has 0 aromatic heterocycles. The Morgan fingerprint density at radius 1 is 0.935 bits per heavy atom. The van der Waals surface area contributed by atoms with Crippen LogP contribution in [0.4, 0.5) is 11.4 Å². The highest BCUT2D eigenvalue weighted by atomic mass is 32.1. The Morgan fingerprint density at radius 3 is 2.39 bits per heavy atom. The minimum absolute atomic E-state index is 0.132. The van der Waals surface area contributed by atoms with Gasteiger partial charge in [0.15, 0.2) is 5.11 Å². The molecule has 0 fully saturated rings. The number of benzene rings is 3. The van der Waals surface area contributed by atoms with E-state index in [1.165, 1.54) is 0 Å². The Bertz CT molecular complexity index is 1090. The van der Waals surface area contributed by atoms with Gasteiger partial charge in [-0.1, -0.05) is 30.3 Å². The maximum Gasteiger partial charge on any atom is 0.258 e. The lowest BCUT2D eigenvalue weighted by molar-refractivity contribution is 0.0973. The standard InChI is InChI=1S/C24H23N3O3S/c1-3-30-21-14-8-9-17(16-21)22(28)26-24(31)25-19-11-7-10-18(15-19)23(29)27(2)20-12-5-4-6-13-20/h4-16H,3H2,1-2H3,(H2,25,26,28,31). The van der Waals surface area contributed by atoms with Crippen LogP contribution in [0.2, 0.25) is 0 Å². The second kappa shape index (κ2) is 10.4. The number of ether oxygens (including phenoxy) is 1. The fourth-order valence-electron chi connectivity index (χ4n) is 2.92. The van der Waals surface area contributed by atoms with Crippen LogP contribution in [-0.2, 0) is 0 Å². The van der Waals surface area contributed by atoms with Gasteiger partial charge in [0, 0.05) is 29.5 Å². The maximum absolute atomic E-state index is 12.8. The van der Waals surface area contributed by atoms with Crippen molar-refractivity contribution in [2.24, 2.45) is 0 Å². The number of nitrogens with one attached hydrogen (secondary N) is 2. The molecule has 0 saturated carbocycles. The normalized spacial score (nSPS) is 10.1. The Kier molecular flexibility index (Phi) is 7.35. The van der Waals surface area contributed by atoms with Gasteiger partial charge in [0.2, 0.25) is 0 Å². The Hall–Kier alpha value is -3.71. The summed E-state index contributed by atoms with van der Waals surface area (Å²) < 4.78 is 5.42. The van der Waals surface area contributed by atoms with Gasteiger partial charge in [0.25, 0.3) is 11.8 Å². The number of carbonyl (C=O) groups is 2. The lowest BCUT2D eigenvalue weighted by Crippen LogP contribution is -2.34. The molecule has 0 saturated heterocycles. The van der Waals surface area contributed by atoms with Gasteiger partial charge in [0.1, 0.15) is 5.75 Å². The topological polar surface area (TPSA) is 70.7 Å². The van der Waals surface area contributed by atoms with E-state index < -0.39 is 0 Å². The van der Waals surface area contributed by atoms with Crippen molar-refractivity contribution in [2.75, 3.05) is 23.9 Å². The van der Waals surface area contributed by atoms with Crippen LogP contribution >= 0.6 is 12.2 Å². The molecule has 31 heavy (non-hydrogen) atoms. The van der Waals surface area contributed by atoms with Gasteiger partial charge in [-0.3, -0.25) is 14.9 Å². The monoisotopic (exact) mass is 433 g/mol. The second-order valence-electron chi connectivity index (χ2n) is 6.65. The molecule has 3 aromatic carbocycles. The molecule has 3 aromatic rings. The van der Waals surface area contributed by atoms with Crippen molar-refractivity contribution < 1.29 is 14.3 Å². The molecule has 158 valence electrons. The SMILES string of the molecule is CCOc1cccc(C(=O)NC(=S)Nc2cccc(C(=O)N(C)c3ccccc3)c2)c1. The van der Waals surface area contributed by atoms with E-state index in [4.69, 9.17) is 17.0 Å². The van der Waals surface area contributed by atoms with Crippen molar-refractivity contribution >= 4 is 40.5 Å². The summed E-state index contributed by atoms with van der Waals surface area (Å²) in [6.07, 6.45) is 0. The van der Waals surface area contributed by atoms with E-state index in [9.17, 15) is 9.59 Å². The maximum atomic E-state index is 12.8. The number of rotatable bonds is 6. The van der Waals surface area contributed by atoms with Gasteiger partial charge >= 0.3 is 0 Å². The van der Waals surface area contributed by atoms with Crippen LogP contribution in [0.25, 0.3) is 0 Å². The van der Waals surface area contributed by atoms with Crippen LogP contribution in [0.15, 0.2) is 78.9 Å². The summed E-state index contributed by atoms with van der Waals surface area (Å²) in [6.45, 7) is 2.39. The number of carbonyl (C=O) groups excluding carboxylic acids is 2. The molecule has 0 atom stereocenters. The van der Waals surface area contributed by atoms with Crippen LogP contribution in [0, 0.1) is 0 Å². The first kappa shape index (κ1) is 22.0. The fraction of sp³-hybridized carbons (Fsp3) is 0.125. The van der Waals surface area contributed by atoms with Crippen molar-refractivity contribution in [1.82, 2.24) is 5.32 Å². The lowest BCUT2D eigenvalue weighted by atomic mass is 10.1. The van der Waals surface area contributed by atoms with Crippen molar-refractivity contribution in [1.29, 1.82) is 0 Å². The highest BCUT2D eigenvalue weighted by molar-refractivity contribution is 7.80. The predicted molar refractivity (Wildman–Crippen MR) is 127 cm³/mol. The summed E-state index contributed by atoms with van der Waals surface area (Å²) in [5.74, 6) is 0.107. The quantitative estimate of drug-likeness (QED) is 0.561. The molecule has 0 spiro atoms. The second-order valence-corrected chi connectivity index (χ2v) is 7.06. The molecule has 7 heteroatoms. The van der Waals surface area contributed by atoms with Crippen molar-refractivity contribution in [3.8, 4) is 5.75 Å². The molecule has 0 radical (unpaired) electrons. The number of amides is 2. The molecule has 0 heterocycles. The van der Waals surface area contributed by atoms with Gasteiger partial charge in [-0.15, -0.1) is 0 Å². The van der Waals surface area contributed by atoms with Gasteiger partial charge in [-0.2, -0.15) is 0 Å². The van der Waals surface area contributed by atoms with Crippen molar-refractivity contribution in [3.05, 3.63) is 90.0 Å². The highest BCUT2D eigenvalue weighted by Gasteiger charge is 2.14. The Morgan fingerprint density at radius 2 is 1.65 bits per heavy atom. The third kappa shape index (κ3) is 5.90. The summed E-state index contributed by atoms with van der Waals surface area (Å²) in [7, 11) is 1.72. The molecule has 6 nitrogen and oxygen atoms in total. The van der Waals surface area contributed by atoms with Crippen molar-refractivity contribution in [3.63, 3.8) is 0 Å².